The van der Waals surface area contributed by atoms with Crippen molar-refractivity contribution in [2.24, 2.45) is 7.05 Å². The molecule has 1 amide bonds. The fourth-order valence-corrected chi connectivity index (χ4v) is 2.87. The zero-order chi connectivity index (χ0) is 23.6. The van der Waals surface area contributed by atoms with Crippen LogP contribution in [0.5, 0.6) is 5.75 Å². The van der Waals surface area contributed by atoms with Crippen LogP contribution in [0.2, 0.25) is 0 Å². The van der Waals surface area contributed by atoms with Gasteiger partial charge in [0.1, 0.15) is 17.3 Å². The number of halogens is 4. The molecule has 3 aromatic rings. The number of nitrogens with zero attached hydrogens (tertiary/aromatic N) is 2. The maximum absolute atomic E-state index is 14.3. The standard InChI is InChI=1S/C21H17F4N3O4/c1-12(32-14-6-4-3-5-7-14)19(30)26-16-10-13(8-9-15(16)22)28-18(29)11-17(21(23,24)25)27(2)20(28)31/h3-12H,1-2H3,(H,26,30). The smallest absolute Gasteiger partial charge is 0.431 e. The molecule has 0 aliphatic carbocycles. The van der Waals surface area contributed by atoms with Gasteiger partial charge in [-0.3, -0.25) is 14.2 Å². The second-order valence-corrected chi connectivity index (χ2v) is 6.77. The van der Waals surface area contributed by atoms with Gasteiger partial charge in [0, 0.05) is 13.1 Å². The lowest BCUT2D eigenvalue weighted by atomic mass is 10.2. The summed E-state index contributed by atoms with van der Waals surface area (Å²) >= 11 is 0. The van der Waals surface area contributed by atoms with Gasteiger partial charge in [0.2, 0.25) is 0 Å². The molecule has 0 saturated heterocycles. The highest BCUT2D eigenvalue weighted by Crippen LogP contribution is 2.27. The van der Waals surface area contributed by atoms with Gasteiger partial charge in [0.05, 0.1) is 11.4 Å². The van der Waals surface area contributed by atoms with Gasteiger partial charge in [0.15, 0.2) is 6.10 Å². The molecule has 0 aliphatic heterocycles. The van der Waals surface area contributed by atoms with Crippen LogP contribution < -0.4 is 21.3 Å². The Morgan fingerprint density at radius 1 is 1.06 bits per heavy atom. The second-order valence-electron chi connectivity index (χ2n) is 6.77. The highest BCUT2D eigenvalue weighted by Gasteiger charge is 2.35. The largest absolute Gasteiger partial charge is 0.481 e. The maximum atomic E-state index is 14.3. The molecule has 1 atom stereocenters. The fraction of sp³-hybridized carbons (Fsp3) is 0.190. The van der Waals surface area contributed by atoms with Gasteiger partial charge in [-0.1, -0.05) is 18.2 Å². The zero-order valence-corrected chi connectivity index (χ0v) is 16.8. The number of para-hydroxylation sites is 1. The van der Waals surface area contributed by atoms with E-state index in [4.69, 9.17) is 4.74 Å². The van der Waals surface area contributed by atoms with Crippen LogP contribution in [-0.4, -0.2) is 21.1 Å². The van der Waals surface area contributed by atoms with E-state index in [1.165, 1.54) is 6.92 Å². The quantitative estimate of drug-likeness (QED) is 0.605. The molecule has 168 valence electrons. The lowest BCUT2D eigenvalue weighted by molar-refractivity contribution is -0.144. The highest BCUT2D eigenvalue weighted by atomic mass is 19.4. The Labute approximate surface area is 178 Å². The van der Waals surface area contributed by atoms with Crippen LogP contribution in [0.15, 0.2) is 64.2 Å². The summed E-state index contributed by atoms with van der Waals surface area (Å²) in [5, 5.41) is 2.29. The zero-order valence-electron chi connectivity index (χ0n) is 16.8. The van der Waals surface area contributed by atoms with Crippen molar-refractivity contribution >= 4 is 11.6 Å². The number of alkyl halides is 3. The van der Waals surface area contributed by atoms with Crippen LogP contribution in [0.4, 0.5) is 23.2 Å². The molecule has 7 nitrogen and oxygen atoms in total. The van der Waals surface area contributed by atoms with Crippen LogP contribution in [0.1, 0.15) is 12.6 Å². The van der Waals surface area contributed by atoms with Crippen molar-refractivity contribution in [2.45, 2.75) is 19.2 Å². The van der Waals surface area contributed by atoms with E-state index in [1.54, 1.807) is 30.3 Å². The molecule has 1 N–H and O–H groups in total. The number of carbonyl (C=O) groups is 1. The van der Waals surface area contributed by atoms with Gasteiger partial charge in [-0.25, -0.2) is 13.8 Å². The Kier molecular flexibility index (Phi) is 6.19. The van der Waals surface area contributed by atoms with Gasteiger partial charge < -0.3 is 10.1 Å². The maximum Gasteiger partial charge on any atom is 0.431 e. The Morgan fingerprint density at radius 3 is 2.34 bits per heavy atom. The lowest BCUT2D eigenvalue weighted by Crippen LogP contribution is -2.40. The SMILES string of the molecule is CC(Oc1ccccc1)C(=O)Nc1cc(-n2c(=O)cc(C(F)(F)F)n(C)c2=O)ccc1F. The van der Waals surface area contributed by atoms with E-state index in [-0.39, 0.29) is 22.0 Å². The van der Waals surface area contributed by atoms with Gasteiger partial charge in [-0.05, 0) is 37.3 Å². The average molecular weight is 451 g/mol. The number of rotatable bonds is 5. The van der Waals surface area contributed by atoms with E-state index in [0.717, 1.165) is 25.2 Å². The fourth-order valence-electron chi connectivity index (χ4n) is 2.87. The van der Waals surface area contributed by atoms with Crippen LogP contribution in [0.25, 0.3) is 5.69 Å². The number of anilines is 1. The number of hydrogen-bond acceptors (Lipinski definition) is 4. The third-order valence-electron chi connectivity index (χ3n) is 4.50. The topological polar surface area (TPSA) is 82.3 Å². The number of nitrogens with one attached hydrogen (secondary N) is 1. The van der Waals surface area contributed by atoms with Crippen molar-refractivity contribution in [2.75, 3.05) is 5.32 Å². The molecule has 0 fully saturated rings. The molecule has 0 radical (unpaired) electrons. The van der Waals surface area contributed by atoms with Gasteiger partial charge in [-0.15, -0.1) is 0 Å². The number of amides is 1. The summed E-state index contributed by atoms with van der Waals surface area (Å²) in [7, 11) is 0.857. The number of ether oxygens (including phenoxy) is 1. The van der Waals surface area contributed by atoms with Crippen molar-refractivity contribution in [3.63, 3.8) is 0 Å². The van der Waals surface area contributed by atoms with Gasteiger partial charge in [0.25, 0.3) is 11.5 Å². The predicted octanol–water partition coefficient (Wildman–Crippen LogP) is 3.10. The lowest BCUT2D eigenvalue weighted by Gasteiger charge is -2.16. The molecule has 0 saturated carbocycles. The van der Waals surface area contributed by atoms with Crippen molar-refractivity contribution in [1.29, 1.82) is 0 Å². The Bertz CT molecular complexity index is 1270. The first-order chi connectivity index (χ1) is 15.0. The second kappa shape index (κ2) is 8.69. The average Bonchev–Trinajstić information content (AvgIpc) is 2.72. The Morgan fingerprint density at radius 2 is 1.72 bits per heavy atom. The molecular weight excluding hydrogens is 434 g/mol. The monoisotopic (exact) mass is 451 g/mol. The number of carbonyl (C=O) groups excluding carboxylic acids is 1. The molecule has 32 heavy (non-hydrogen) atoms. The summed E-state index contributed by atoms with van der Waals surface area (Å²) in [5.74, 6) is -1.20. The summed E-state index contributed by atoms with van der Waals surface area (Å²) in [6.07, 6.45) is -5.94. The van der Waals surface area contributed by atoms with E-state index in [0.29, 0.717) is 10.3 Å². The van der Waals surface area contributed by atoms with Gasteiger partial charge in [-0.2, -0.15) is 13.2 Å². The van der Waals surface area contributed by atoms with Crippen molar-refractivity contribution < 1.29 is 27.1 Å². The number of benzene rings is 2. The molecule has 11 heteroatoms. The number of hydrogen-bond donors (Lipinski definition) is 1. The van der Waals surface area contributed by atoms with Crippen LogP contribution in [0, 0.1) is 5.82 Å². The summed E-state index contributed by atoms with van der Waals surface area (Å²) in [4.78, 5) is 37.0. The van der Waals surface area contributed by atoms with Gasteiger partial charge >= 0.3 is 11.9 Å². The molecule has 2 aromatic carbocycles. The molecule has 1 heterocycles. The molecule has 1 unspecified atom stereocenters. The van der Waals surface area contributed by atoms with E-state index in [2.05, 4.69) is 5.32 Å². The van der Waals surface area contributed by atoms with E-state index < -0.39 is 40.9 Å². The Hall–Kier alpha value is -3.89. The summed E-state index contributed by atoms with van der Waals surface area (Å²) < 4.78 is 59.5. The van der Waals surface area contributed by atoms with Crippen LogP contribution >= 0.6 is 0 Å². The molecule has 1 aromatic heterocycles. The summed E-state index contributed by atoms with van der Waals surface area (Å²) in [6, 6.07) is 11.5. The first-order valence-corrected chi connectivity index (χ1v) is 9.22. The first kappa shape index (κ1) is 22.8. The molecule has 0 bridgehead atoms. The Balaban J connectivity index is 1.93. The normalized spacial score (nSPS) is 12.3. The molecular formula is C21H17F4N3O4. The minimum absolute atomic E-state index is 0.224. The summed E-state index contributed by atoms with van der Waals surface area (Å²) in [5.41, 5.74) is -4.58. The van der Waals surface area contributed by atoms with E-state index in [1.807, 2.05) is 0 Å². The molecule has 0 spiro atoms. The first-order valence-electron chi connectivity index (χ1n) is 9.22. The highest BCUT2D eigenvalue weighted by molar-refractivity contribution is 5.94. The third kappa shape index (κ3) is 4.71. The van der Waals surface area contributed by atoms with Crippen LogP contribution in [0.3, 0.4) is 0 Å². The summed E-state index contributed by atoms with van der Waals surface area (Å²) in [6.45, 7) is 1.43. The van der Waals surface area contributed by atoms with E-state index in [9.17, 15) is 31.9 Å². The van der Waals surface area contributed by atoms with Crippen LogP contribution in [-0.2, 0) is 18.0 Å². The minimum atomic E-state index is -4.91. The molecule has 0 aliphatic rings. The number of aromatic nitrogens is 2. The van der Waals surface area contributed by atoms with Crippen molar-refractivity contribution in [3.8, 4) is 11.4 Å². The molecule has 3 rings (SSSR count). The predicted molar refractivity (Wildman–Crippen MR) is 107 cm³/mol. The van der Waals surface area contributed by atoms with Crippen molar-refractivity contribution in [1.82, 2.24) is 9.13 Å². The van der Waals surface area contributed by atoms with Crippen molar-refractivity contribution in [3.05, 3.63) is 86.9 Å². The minimum Gasteiger partial charge on any atom is -0.481 e. The van der Waals surface area contributed by atoms with E-state index >= 15 is 0 Å². The third-order valence-corrected chi connectivity index (χ3v) is 4.50.